The molecule has 0 bridgehead atoms. The smallest absolute Gasteiger partial charge is 0.193 e. The van der Waals surface area contributed by atoms with E-state index in [4.69, 9.17) is 14.2 Å². The second-order valence-corrected chi connectivity index (χ2v) is 9.58. The van der Waals surface area contributed by atoms with Gasteiger partial charge in [-0.15, -0.1) is 0 Å². The van der Waals surface area contributed by atoms with Gasteiger partial charge in [-0.3, -0.25) is 0 Å². The van der Waals surface area contributed by atoms with Gasteiger partial charge >= 0.3 is 0 Å². The van der Waals surface area contributed by atoms with Crippen LogP contribution in [0.25, 0.3) is 0 Å². The summed E-state index contributed by atoms with van der Waals surface area (Å²) in [6.07, 6.45) is 8.32. The number of ether oxygens (including phenoxy) is 3. The SMILES string of the molecule is C[C@H]1C(OC2CCCCC2)O[C@@H]2OC(C)(O)CCC3[C@H](C)CCC1[C@]32O. The van der Waals surface area contributed by atoms with E-state index >= 15 is 0 Å². The van der Waals surface area contributed by atoms with E-state index in [-0.39, 0.29) is 30.1 Å². The van der Waals surface area contributed by atoms with Gasteiger partial charge in [-0.2, -0.15) is 0 Å². The predicted molar refractivity (Wildman–Crippen MR) is 97.1 cm³/mol. The topological polar surface area (TPSA) is 68.2 Å². The molecular formula is C21H36O5. The zero-order chi connectivity index (χ0) is 18.5. The van der Waals surface area contributed by atoms with Gasteiger partial charge in [-0.25, -0.2) is 0 Å². The molecule has 2 aliphatic heterocycles. The van der Waals surface area contributed by atoms with Gasteiger partial charge in [0.05, 0.1) is 6.10 Å². The summed E-state index contributed by atoms with van der Waals surface area (Å²) in [6.45, 7) is 6.05. The van der Waals surface area contributed by atoms with Gasteiger partial charge in [-0.1, -0.05) is 33.1 Å². The van der Waals surface area contributed by atoms with Crippen LogP contribution in [0.5, 0.6) is 0 Å². The largest absolute Gasteiger partial charge is 0.384 e. The molecule has 4 aliphatic rings. The lowest BCUT2D eigenvalue weighted by atomic mass is 9.58. The zero-order valence-corrected chi connectivity index (χ0v) is 16.5. The molecule has 2 N–H and O–H groups in total. The van der Waals surface area contributed by atoms with Crippen LogP contribution in [0.4, 0.5) is 0 Å². The average Bonchev–Trinajstić information content (AvgIpc) is 2.69. The van der Waals surface area contributed by atoms with Crippen LogP contribution < -0.4 is 0 Å². The van der Waals surface area contributed by atoms with Crippen molar-refractivity contribution in [2.24, 2.45) is 23.7 Å². The van der Waals surface area contributed by atoms with Gasteiger partial charge in [-0.05, 0) is 50.9 Å². The Morgan fingerprint density at radius 3 is 2.38 bits per heavy atom. The predicted octanol–water partition coefficient (Wildman–Crippen LogP) is 3.57. The van der Waals surface area contributed by atoms with E-state index in [0.717, 1.165) is 32.1 Å². The summed E-state index contributed by atoms with van der Waals surface area (Å²) in [7, 11) is 0. The van der Waals surface area contributed by atoms with Gasteiger partial charge in [0.1, 0.15) is 5.60 Å². The van der Waals surface area contributed by atoms with E-state index in [0.29, 0.717) is 12.3 Å². The van der Waals surface area contributed by atoms with Crippen molar-refractivity contribution in [3.05, 3.63) is 0 Å². The highest BCUT2D eigenvalue weighted by atomic mass is 16.8. The van der Waals surface area contributed by atoms with Crippen LogP contribution in [0.15, 0.2) is 0 Å². The molecule has 4 rings (SSSR count). The van der Waals surface area contributed by atoms with Crippen molar-refractivity contribution in [3.8, 4) is 0 Å². The fourth-order valence-electron chi connectivity index (χ4n) is 6.08. The number of rotatable bonds is 2. The summed E-state index contributed by atoms with van der Waals surface area (Å²) in [5, 5.41) is 22.5. The first-order valence-electron chi connectivity index (χ1n) is 10.7. The molecule has 2 saturated heterocycles. The van der Waals surface area contributed by atoms with Crippen LogP contribution in [0.1, 0.15) is 78.6 Å². The van der Waals surface area contributed by atoms with E-state index < -0.39 is 17.7 Å². The molecule has 26 heavy (non-hydrogen) atoms. The van der Waals surface area contributed by atoms with Crippen molar-refractivity contribution in [2.75, 3.05) is 0 Å². The second kappa shape index (κ2) is 7.00. The van der Waals surface area contributed by atoms with E-state index in [2.05, 4.69) is 13.8 Å². The Kier molecular flexibility index (Phi) is 5.15. The van der Waals surface area contributed by atoms with Crippen molar-refractivity contribution in [1.82, 2.24) is 0 Å². The minimum absolute atomic E-state index is 0.0879. The molecule has 0 aromatic heterocycles. The average molecular weight is 369 g/mol. The normalized spacial score (nSPS) is 53.0. The van der Waals surface area contributed by atoms with E-state index in [1.807, 2.05) is 0 Å². The lowest BCUT2D eigenvalue weighted by Crippen LogP contribution is -2.67. The Morgan fingerprint density at radius 1 is 0.923 bits per heavy atom. The number of hydrogen-bond acceptors (Lipinski definition) is 5. The summed E-state index contributed by atoms with van der Waals surface area (Å²) >= 11 is 0. The zero-order valence-electron chi connectivity index (χ0n) is 16.5. The molecule has 0 aromatic carbocycles. The van der Waals surface area contributed by atoms with Crippen LogP contribution in [-0.4, -0.2) is 40.3 Å². The Labute approximate surface area is 157 Å². The maximum absolute atomic E-state index is 11.8. The molecule has 2 saturated carbocycles. The minimum atomic E-state index is -1.27. The van der Waals surface area contributed by atoms with Gasteiger partial charge in [0.25, 0.3) is 0 Å². The fraction of sp³-hybridized carbons (Fsp3) is 1.00. The first-order chi connectivity index (χ1) is 12.3. The summed E-state index contributed by atoms with van der Waals surface area (Å²) < 4.78 is 18.6. The molecule has 0 aromatic rings. The quantitative estimate of drug-likeness (QED) is 0.780. The molecule has 0 spiro atoms. The highest BCUT2D eigenvalue weighted by Crippen LogP contribution is 2.56. The summed E-state index contributed by atoms with van der Waals surface area (Å²) in [5.74, 6) is -0.552. The van der Waals surface area contributed by atoms with Gasteiger partial charge in [0.15, 0.2) is 18.4 Å². The minimum Gasteiger partial charge on any atom is -0.384 e. The number of hydrogen-bond donors (Lipinski definition) is 2. The highest BCUT2D eigenvalue weighted by molar-refractivity contribution is 5.07. The third-order valence-corrected chi connectivity index (χ3v) is 7.67. The Morgan fingerprint density at radius 2 is 1.65 bits per heavy atom. The first-order valence-corrected chi connectivity index (χ1v) is 10.7. The lowest BCUT2D eigenvalue weighted by molar-refractivity contribution is -0.412. The van der Waals surface area contributed by atoms with Crippen LogP contribution in [-0.2, 0) is 14.2 Å². The van der Waals surface area contributed by atoms with Crippen LogP contribution in [0, 0.1) is 23.7 Å². The van der Waals surface area contributed by atoms with Crippen molar-refractivity contribution in [1.29, 1.82) is 0 Å². The molecule has 4 unspecified atom stereocenters. The van der Waals surface area contributed by atoms with Crippen LogP contribution in [0.2, 0.25) is 0 Å². The number of aliphatic hydroxyl groups is 2. The fourth-order valence-corrected chi connectivity index (χ4v) is 6.08. The van der Waals surface area contributed by atoms with Crippen molar-refractivity contribution in [3.63, 3.8) is 0 Å². The Bertz CT molecular complexity index is 503. The maximum Gasteiger partial charge on any atom is 0.193 e. The van der Waals surface area contributed by atoms with Crippen LogP contribution in [0.3, 0.4) is 0 Å². The van der Waals surface area contributed by atoms with E-state index in [9.17, 15) is 10.2 Å². The maximum atomic E-state index is 11.8. The molecule has 8 atom stereocenters. The van der Waals surface area contributed by atoms with Gasteiger partial charge in [0.2, 0.25) is 0 Å². The van der Waals surface area contributed by atoms with Crippen molar-refractivity contribution in [2.45, 2.75) is 109 Å². The molecular weight excluding hydrogens is 332 g/mol. The molecule has 2 aliphatic carbocycles. The third-order valence-electron chi connectivity index (χ3n) is 7.67. The molecule has 4 fully saturated rings. The molecule has 2 heterocycles. The summed E-state index contributed by atoms with van der Waals surface area (Å²) in [4.78, 5) is 0. The summed E-state index contributed by atoms with van der Waals surface area (Å²) in [6, 6.07) is 0. The standard InChI is InChI=1S/C21H36O5/c1-13-9-10-17-14(2)18(24-15-7-5-4-6-8-15)25-19-21(17,23)16(13)11-12-20(3,22)26-19/h13-19,22-23H,4-12H2,1-3H3/t13-,14-,16?,17?,18?,19-,20?,21-/m1/s1. The van der Waals surface area contributed by atoms with E-state index in [1.54, 1.807) is 6.92 Å². The molecule has 5 nitrogen and oxygen atoms in total. The summed E-state index contributed by atoms with van der Waals surface area (Å²) in [5.41, 5.74) is -1.04. The van der Waals surface area contributed by atoms with Crippen molar-refractivity contribution >= 4 is 0 Å². The third kappa shape index (κ3) is 3.24. The lowest BCUT2D eigenvalue weighted by Gasteiger charge is -2.57. The van der Waals surface area contributed by atoms with E-state index in [1.165, 1.54) is 19.3 Å². The first kappa shape index (κ1) is 19.1. The van der Waals surface area contributed by atoms with Gasteiger partial charge in [0, 0.05) is 18.3 Å². The second-order valence-electron chi connectivity index (χ2n) is 9.58. The monoisotopic (exact) mass is 368 g/mol. The Hall–Kier alpha value is -0.200. The van der Waals surface area contributed by atoms with Crippen molar-refractivity contribution < 1.29 is 24.4 Å². The highest BCUT2D eigenvalue weighted by Gasteiger charge is 2.63. The molecule has 5 heteroatoms. The van der Waals surface area contributed by atoms with Crippen LogP contribution >= 0.6 is 0 Å². The molecule has 150 valence electrons. The molecule has 0 amide bonds. The molecule has 0 radical (unpaired) electrons. The Balaban J connectivity index is 1.60. The van der Waals surface area contributed by atoms with Gasteiger partial charge < -0.3 is 24.4 Å².